The van der Waals surface area contributed by atoms with E-state index in [1.807, 2.05) is 34.6 Å². The van der Waals surface area contributed by atoms with Crippen molar-refractivity contribution in [2.24, 2.45) is 56.2 Å². The Balaban J connectivity index is 1.03. The van der Waals surface area contributed by atoms with E-state index >= 15 is 0 Å². The van der Waals surface area contributed by atoms with Crippen LogP contribution in [0, 0.1) is 56.2 Å². The Bertz CT molecular complexity index is 2820. The summed E-state index contributed by atoms with van der Waals surface area (Å²) in [6, 6.07) is 0. The Kier molecular flexibility index (Phi) is 21.5. The Morgan fingerprint density at radius 2 is 1.16 bits per heavy atom. The lowest BCUT2D eigenvalue weighted by atomic mass is 9.32. The van der Waals surface area contributed by atoms with Crippen LogP contribution in [0.5, 0.6) is 0 Å². The van der Waals surface area contributed by atoms with Crippen molar-refractivity contribution in [2.75, 3.05) is 19.8 Å². The maximum atomic E-state index is 13.6. The van der Waals surface area contributed by atoms with Crippen molar-refractivity contribution < 1.29 is 133 Å². The fourth-order valence-corrected chi connectivity index (χ4v) is 18.6. The zero-order chi connectivity index (χ0) is 68.9. The minimum absolute atomic E-state index is 0.0685. The SMILES string of the molecule is C/C=C(/C)C(=O)O[C@@H]1C(O)[C@H](C[C@H]2[C@H](OC(C)=O)[C@@]3(CO)C(CC2(C)C)C2=CCC4[C@@]5(C)CC[C@H](O[C@@H]6OC(C(=O)O)[C@H](O)[C@H](O[C@@H]7O[C@H](CO)[C@H](O)C7O)C6O[C@@H]6OC(CO)[C@H](O)[C@H](O)C6O)C(C)(C)C5CC[C@@]4(C)[C@]2(C)[C@@H](O)[C@H]3O)OC(C)[C@@H]1OC(=O)/C(C)=C\C. The van der Waals surface area contributed by atoms with Crippen molar-refractivity contribution in [3.63, 3.8) is 0 Å². The molecule has 0 radical (unpaired) electrons. The van der Waals surface area contributed by atoms with Crippen molar-refractivity contribution in [2.45, 2.75) is 276 Å². The Labute approximate surface area is 541 Å². The zero-order valence-corrected chi connectivity index (χ0v) is 55.4. The molecule has 13 N–H and O–H groups in total. The van der Waals surface area contributed by atoms with Crippen molar-refractivity contribution in [3.8, 4) is 0 Å². The highest BCUT2D eigenvalue weighted by Crippen LogP contribution is 2.76. The zero-order valence-electron chi connectivity index (χ0n) is 55.4. The molecule has 0 spiro atoms. The van der Waals surface area contributed by atoms with Gasteiger partial charge >= 0.3 is 23.9 Å². The number of carboxylic acid groups (broad SMARTS) is 1. The molecule has 9 aliphatic rings. The van der Waals surface area contributed by atoms with Gasteiger partial charge in [-0.1, -0.05) is 72.3 Å². The van der Waals surface area contributed by atoms with Gasteiger partial charge in [-0.25, -0.2) is 14.4 Å². The highest BCUT2D eigenvalue weighted by molar-refractivity contribution is 5.88. The van der Waals surface area contributed by atoms with E-state index in [1.54, 1.807) is 46.8 Å². The summed E-state index contributed by atoms with van der Waals surface area (Å²) < 4.78 is 61.3. The van der Waals surface area contributed by atoms with Crippen LogP contribution >= 0.6 is 0 Å². The van der Waals surface area contributed by atoms with E-state index in [4.69, 9.17) is 47.4 Å². The monoisotopic (exact) mass is 1330 g/mol. The van der Waals surface area contributed by atoms with Crippen LogP contribution in [0.25, 0.3) is 0 Å². The molecule has 93 heavy (non-hydrogen) atoms. The summed E-state index contributed by atoms with van der Waals surface area (Å²) in [5, 5.41) is 148. The normalized spacial score (nSPS) is 48.8. The second-order valence-corrected chi connectivity index (χ2v) is 29.8. The van der Waals surface area contributed by atoms with Gasteiger partial charge in [0.1, 0.15) is 73.2 Å². The Hall–Kier alpha value is -3.66. The molecule has 8 fully saturated rings. The van der Waals surface area contributed by atoms with E-state index in [9.17, 15) is 85.6 Å². The standard InChI is InChI=1S/C66H102O27/c1-14-27(3)56(82)89-47-29(5)84-34(42(73)48(47)90-57(83)28(4)15-2)22-32-54(85-30(6)70)66(26-69)33(23-61(32,7)8)31-16-17-38-63(11)20-19-39(62(9,10)37(63)18-21-64(38,12)65(31,13)52(78)53(66)79)88-60-51(93-59-45(76)43(74)40(71)35(24-67)86-59)49(46(77)50(92-60)55(80)81)91-58-44(75)41(72)36(25-68)87-58/h14-16,29,32-54,58-60,67-69,71-79H,17-26H2,1-13H3,(H,80,81)/b27-14-,28-15-/t29?,32-,33?,34-,35?,36+,37?,38?,39-,40-,41-,42?,43-,44?,45?,46+,47-,48+,49-,50?,51?,52-,53+,54-,58-,59-,60+,63-,64+,65-,66-/m0/s1. The molecule has 528 valence electrons. The van der Waals surface area contributed by atoms with E-state index in [1.165, 1.54) is 6.92 Å². The van der Waals surface area contributed by atoms with Gasteiger partial charge in [-0.3, -0.25) is 4.79 Å². The summed E-state index contributed by atoms with van der Waals surface area (Å²) >= 11 is 0. The predicted octanol–water partition coefficient (Wildman–Crippen LogP) is 0.349. The van der Waals surface area contributed by atoms with E-state index in [0.29, 0.717) is 32.1 Å². The van der Waals surface area contributed by atoms with Crippen LogP contribution in [-0.4, -0.2) is 251 Å². The lowest BCUT2D eigenvalue weighted by Crippen LogP contribution is -2.75. The molecule has 0 bridgehead atoms. The lowest BCUT2D eigenvalue weighted by Gasteiger charge is -2.73. The van der Waals surface area contributed by atoms with Crippen LogP contribution in [-0.2, 0) is 66.5 Å². The van der Waals surface area contributed by atoms with E-state index in [2.05, 4.69) is 19.9 Å². The number of ether oxygens (including phenoxy) is 10. The quantitative estimate of drug-likeness (QED) is 0.0307. The summed E-state index contributed by atoms with van der Waals surface area (Å²) in [7, 11) is 0. The molecular formula is C66H102O27. The fraction of sp³-hybridized carbons (Fsp3) is 0.848. The van der Waals surface area contributed by atoms with Gasteiger partial charge in [0.2, 0.25) is 0 Å². The summed E-state index contributed by atoms with van der Waals surface area (Å²) in [5.74, 6) is -5.74. The minimum atomic E-state index is -2.15. The summed E-state index contributed by atoms with van der Waals surface area (Å²) in [6.07, 6.45) is -29.8. The molecule has 0 amide bonds. The topological polar surface area (TPSA) is 424 Å². The molecular weight excluding hydrogens is 1220 g/mol. The van der Waals surface area contributed by atoms with Crippen LogP contribution in [0.3, 0.4) is 0 Å². The molecule has 4 aliphatic heterocycles. The maximum absolute atomic E-state index is 13.6. The largest absolute Gasteiger partial charge is 0.479 e. The van der Waals surface area contributed by atoms with Gasteiger partial charge in [-0.2, -0.15) is 0 Å². The smallest absolute Gasteiger partial charge is 0.335 e. The van der Waals surface area contributed by atoms with Crippen molar-refractivity contribution in [3.05, 3.63) is 34.9 Å². The van der Waals surface area contributed by atoms with Gasteiger partial charge in [-0.15, -0.1) is 0 Å². The molecule has 4 saturated carbocycles. The molecule has 5 aliphatic carbocycles. The Morgan fingerprint density at radius 3 is 1.71 bits per heavy atom. The molecule has 9 rings (SSSR count). The molecule has 0 aromatic heterocycles. The van der Waals surface area contributed by atoms with Gasteiger partial charge in [0, 0.05) is 29.4 Å². The molecule has 0 aromatic carbocycles. The van der Waals surface area contributed by atoms with Gasteiger partial charge in [-0.05, 0) is 119 Å². The second-order valence-electron chi connectivity index (χ2n) is 29.8. The van der Waals surface area contributed by atoms with Gasteiger partial charge < -0.3 is 114 Å². The predicted molar refractivity (Wildman–Crippen MR) is 321 cm³/mol. The Morgan fingerprint density at radius 1 is 0.602 bits per heavy atom. The number of esters is 3. The van der Waals surface area contributed by atoms with Crippen LogP contribution in [0.2, 0.25) is 0 Å². The summed E-state index contributed by atoms with van der Waals surface area (Å²) in [4.78, 5) is 53.2. The van der Waals surface area contributed by atoms with Gasteiger partial charge in [0.05, 0.1) is 55.8 Å². The van der Waals surface area contributed by atoms with Crippen molar-refractivity contribution in [1.82, 2.24) is 0 Å². The first-order valence-corrected chi connectivity index (χ1v) is 32.7. The number of carbonyl (C=O) groups excluding carboxylic acids is 3. The summed E-state index contributed by atoms with van der Waals surface area (Å²) in [6.45, 7) is 21.2. The molecule has 10 unspecified atom stereocenters. The van der Waals surface area contributed by atoms with E-state index in [-0.39, 0.29) is 35.8 Å². The second kappa shape index (κ2) is 27.2. The minimum Gasteiger partial charge on any atom is -0.479 e. The first-order chi connectivity index (χ1) is 43.4. The average molecular weight is 1330 g/mol. The number of allylic oxidation sites excluding steroid dienone is 3. The van der Waals surface area contributed by atoms with Crippen LogP contribution < -0.4 is 0 Å². The number of aliphatic hydroxyl groups is 12. The number of carboxylic acids is 1. The molecule has 27 heteroatoms. The number of hydrogen-bond donors (Lipinski definition) is 13. The van der Waals surface area contributed by atoms with Crippen LogP contribution in [0.15, 0.2) is 34.9 Å². The lowest BCUT2D eigenvalue weighted by molar-refractivity contribution is -0.386. The molecule has 4 saturated heterocycles. The molecule has 0 aromatic rings. The third-order valence-electron chi connectivity index (χ3n) is 24.4. The third-order valence-corrected chi connectivity index (χ3v) is 24.4. The number of fused-ring (bicyclic) bond motifs is 7. The highest BCUT2D eigenvalue weighted by atomic mass is 16.8. The third kappa shape index (κ3) is 12.2. The highest BCUT2D eigenvalue weighted by Gasteiger charge is 2.76. The molecule has 27 nitrogen and oxygen atoms in total. The number of hydrogen-bond acceptors (Lipinski definition) is 26. The van der Waals surface area contributed by atoms with Crippen molar-refractivity contribution >= 4 is 23.9 Å². The van der Waals surface area contributed by atoms with Gasteiger partial charge in [0.15, 0.2) is 37.2 Å². The van der Waals surface area contributed by atoms with Gasteiger partial charge in [0.25, 0.3) is 0 Å². The molecule has 4 heterocycles. The number of aliphatic carboxylic acids is 1. The van der Waals surface area contributed by atoms with Crippen LogP contribution in [0.4, 0.5) is 0 Å². The maximum Gasteiger partial charge on any atom is 0.335 e. The number of rotatable bonds is 17. The van der Waals surface area contributed by atoms with E-state index < -0.39 is 229 Å². The summed E-state index contributed by atoms with van der Waals surface area (Å²) in [5.41, 5.74) is -4.59. The fourth-order valence-electron chi connectivity index (χ4n) is 18.6. The number of aliphatic hydroxyl groups excluding tert-OH is 12. The van der Waals surface area contributed by atoms with Crippen LogP contribution in [0.1, 0.15) is 135 Å². The molecule has 31 atom stereocenters. The number of carbonyl (C=O) groups is 4. The first kappa shape index (κ1) is 73.6. The van der Waals surface area contributed by atoms with E-state index in [0.717, 1.165) is 5.57 Å². The first-order valence-electron chi connectivity index (χ1n) is 32.7. The van der Waals surface area contributed by atoms with Crippen molar-refractivity contribution in [1.29, 1.82) is 0 Å². The average Bonchev–Trinajstić information content (AvgIpc) is 0.901.